The summed E-state index contributed by atoms with van der Waals surface area (Å²) in [5.41, 5.74) is 2.57. The monoisotopic (exact) mass is 157 g/mol. The summed E-state index contributed by atoms with van der Waals surface area (Å²) in [6.07, 6.45) is 2.02. The van der Waals surface area contributed by atoms with Gasteiger partial charge in [0, 0.05) is 17.8 Å². The largest absolute Gasteiger partial charge is 0.373 e. The second kappa shape index (κ2) is 2.67. The van der Waals surface area contributed by atoms with Crippen LogP contribution in [0.3, 0.4) is 0 Å². The molecule has 0 amide bonds. The minimum atomic E-state index is 0.852. The first-order valence-electron chi connectivity index (χ1n) is 3.36. The van der Waals surface area contributed by atoms with Crippen molar-refractivity contribution in [3.63, 3.8) is 0 Å². The SMILES string of the molecule is CC1=C(C)N(C)CC(Cl)=C1. The second-order valence-corrected chi connectivity index (χ2v) is 3.20. The van der Waals surface area contributed by atoms with Crippen molar-refractivity contribution < 1.29 is 0 Å². The Balaban J connectivity index is 2.92. The third-order valence-corrected chi connectivity index (χ3v) is 2.13. The minimum absolute atomic E-state index is 0.852. The molecule has 2 heteroatoms. The van der Waals surface area contributed by atoms with Crippen LogP contribution in [0.2, 0.25) is 0 Å². The van der Waals surface area contributed by atoms with Gasteiger partial charge in [-0.15, -0.1) is 0 Å². The van der Waals surface area contributed by atoms with E-state index in [2.05, 4.69) is 18.7 Å². The smallest absolute Gasteiger partial charge is 0.0530 e. The molecule has 0 fully saturated rings. The summed E-state index contributed by atoms with van der Waals surface area (Å²) >= 11 is 5.86. The van der Waals surface area contributed by atoms with E-state index < -0.39 is 0 Å². The quantitative estimate of drug-likeness (QED) is 0.522. The third kappa shape index (κ3) is 1.35. The van der Waals surface area contributed by atoms with Crippen molar-refractivity contribution >= 4 is 11.6 Å². The van der Waals surface area contributed by atoms with Crippen molar-refractivity contribution in [1.82, 2.24) is 4.90 Å². The van der Waals surface area contributed by atoms with E-state index in [1.807, 2.05) is 13.1 Å². The highest BCUT2D eigenvalue weighted by molar-refractivity contribution is 6.30. The van der Waals surface area contributed by atoms with Crippen molar-refractivity contribution in [2.45, 2.75) is 13.8 Å². The molecule has 1 aliphatic heterocycles. The average molecular weight is 158 g/mol. The fourth-order valence-electron chi connectivity index (χ4n) is 1.03. The second-order valence-electron chi connectivity index (χ2n) is 2.72. The van der Waals surface area contributed by atoms with Gasteiger partial charge in [0.15, 0.2) is 0 Å². The average Bonchev–Trinajstić information content (AvgIpc) is 1.82. The number of hydrogen-bond acceptors (Lipinski definition) is 1. The lowest BCUT2D eigenvalue weighted by atomic mass is 10.1. The Labute approximate surface area is 67.0 Å². The maximum absolute atomic E-state index is 5.86. The molecule has 0 aliphatic carbocycles. The van der Waals surface area contributed by atoms with E-state index in [9.17, 15) is 0 Å². The van der Waals surface area contributed by atoms with E-state index in [0.29, 0.717) is 0 Å². The van der Waals surface area contributed by atoms with Crippen LogP contribution in [0, 0.1) is 0 Å². The molecule has 1 rings (SSSR count). The minimum Gasteiger partial charge on any atom is -0.373 e. The van der Waals surface area contributed by atoms with Crippen LogP contribution in [0.4, 0.5) is 0 Å². The van der Waals surface area contributed by atoms with Gasteiger partial charge < -0.3 is 4.90 Å². The maximum atomic E-state index is 5.86. The molecule has 1 heterocycles. The number of nitrogens with zero attached hydrogens (tertiary/aromatic N) is 1. The van der Waals surface area contributed by atoms with Gasteiger partial charge in [-0.3, -0.25) is 0 Å². The van der Waals surface area contributed by atoms with Crippen LogP contribution < -0.4 is 0 Å². The van der Waals surface area contributed by atoms with Crippen molar-refractivity contribution in [2.24, 2.45) is 0 Å². The van der Waals surface area contributed by atoms with Crippen molar-refractivity contribution in [3.8, 4) is 0 Å². The standard InChI is InChI=1S/C8H12ClN/c1-6-4-8(9)5-10(3)7(6)2/h4H,5H2,1-3H3. The Morgan fingerprint density at radius 3 is 2.60 bits per heavy atom. The molecule has 0 N–H and O–H groups in total. The zero-order valence-electron chi connectivity index (χ0n) is 6.61. The zero-order chi connectivity index (χ0) is 7.72. The Morgan fingerprint density at radius 1 is 1.50 bits per heavy atom. The molecule has 1 nitrogen and oxygen atoms in total. The van der Waals surface area contributed by atoms with Gasteiger partial charge in [-0.25, -0.2) is 0 Å². The molecule has 0 aromatic carbocycles. The van der Waals surface area contributed by atoms with E-state index in [1.54, 1.807) is 0 Å². The molecule has 0 saturated carbocycles. The topological polar surface area (TPSA) is 3.24 Å². The van der Waals surface area contributed by atoms with Crippen LogP contribution in [0.25, 0.3) is 0 Å². The molecule has 0 saturated heterocycles. The van der Waals surface area contributed by atoms with Crippen LogP contribution in [0.1, 0.15) is 13.8 Å². The van der Waals surface area contributed by atoms with Crippen molar-refractivity contribution in [3.05, 3.63) is 22.4 Å². The fraction of sp³-hybridized carbons (Fsp3) is 0.500. The molecule has 0 spiro atoms. The highest BCUT2D eigenvalue weighted by Crippen LogP contribution is 2.20. The van der Waals surface area contributed by atoms with Crippen LogP contribution >= 0.6 is 11.6 Å². The van der Waals surface area contributed by atoms with Crippen LogP contribution in [0.15, 0.2) is 22.4 Å². The molecular formula is C8H12ClN. The maximum Gasteiger partial charge on any atom is 0.0530 e. The molecule has 56 valence electrons. The number of allylic oxidation sites excluding steroid dienone is 3. The first-order valence-corrected chi connectivity index (χ1v) is 3.73. The van der Waals surface area contributed by atoms with Gasteiger partial charge in [0.05, 0.1) is 6.54 Å². The Kier molecular flexibility index (Phi) is 2.05. The van der Waals surface area contributed by atoms with E-state index in [0.717, 1.165) is 11.6 Å². The van der Waals surface area contributed by atoms with E-state index in [1.165, 1.54) is 11.3 Å². The third-order valence-electron chi connectivity index (χ3n) is 1.90. The lowest BCUT2D eigenvalue weighted by Crippen LogP contribution is -2.21. The molecule has 0 bridgehead atoms. The summed E-state index contributed by atoms with van der Waals surface area (Å²) < 4.78 is 0. The lowest BCUT2D eigenvalue weighted by molar-refractivity contribution is 0.451. The van der Waals surface area contributed by atoms with E-state index in [4.69, 9.17) is 11.6 Å². The van der Waals surface area contributed by atoms with Gasteiger partial charge in [-0.1, -0.05) is 11.6 Å². The first kappa shape index (κ1) is 7.67. The van der Waals surface area contributed by atoms with Crippen LogP contribution in [-0.4, -0.2) is 18.5 Å². The van der Waals surface area contributed by atoms with E-state index >= 15 is 0 Å². The Bertz CT molecular complexity index is 203. The summed E-state index contributed by atoms with van der Waals surface area (Å²) in [5.74, 6) is 0. The highest BCUT2D eigenvalue weighted by Gasteiger charge is 2.09. The van der Waals surface area contributed by atoms with E-state index in [-0.39, 0.29) is 0 Å². The molecule has 0 unspecified atom stereocenters. The fourth-order valence-corrected chi connectivity index (χ4v) is 1.37. The zero-order valence-corrected chi connectivity index (χ0v) is 7.37. The predicted octanol–water partition coefficient (Wildman–Crippen LogP) is 2.35. The highest BCUT2D eigenvalue weighted by atomic mass is 35.5. The molecule has 0 aromatic rings. The summed E-state index contributed by atoms with van der Waals surface area (Å²) in [4.78, 5) is 2.15. The molecular weight excluding hydrogens is 146 g/mol. The van der Waals surface area contributed by atoms with Crippen LogP contribution in [-0.2, 0) is 0 Å². The number of hydrogen-bond donors (Lipinski definition) is 0. The van der Waals surface area contributed by atoms with Crippen molar-refractivity contribution in [1.29, 1.82) is 0 Å². The molecule has 10 heavy (non-hydrogen) atoms. The molecule has 0 aromatic heterocycles. The summed E-state index contributed by atoms with van der Waals surface area (Å²) in [6, 6.07) is 0. The molecule has 0 atom stereocenters. The van der Waals surface area contributed by atoms with Gasteiger partial charge in [0.25, 0.3) is 0 Å². The Hall–Kier alpha value is -0.430. The number of rotatable bonds is 0. The predicted molar refractivity (Wildman–Crippen MR) is 44.9 cm³/mol. The van der Waals surface area contributed by atoms with Crippen molar-refractivity contribution in [2.75, 3.05) is 13.6 Å². The molecule has 1 aliphatic rings. The number of likely N-dealkylation sites (N-methyl/N-ethyl adjacent to an activating group) is 1. The summed E-state index contributed by atoms with van der Waals surface area (Å²) in [7, 11) is 2.05. The molecule has 0 radical (unpaired) electrons. The van der Waals surface area contributed by atoms with Gasteiger partial charge in [-0.05, 0) is 25.5 Å². The normalized spacial score (nSPS) is 19.6. The summed E-state index contributed by atoms with van der Waals surface area (Å²) in [6.45, 7) is 5.03. The Morgan fingerprint density at radius 2 is 2.10 bits per heavy atom. The number of halogens is 1. The first-order chi connectivity index (χ1) is 4.61. The van der Waals surface area contributed by atoms with Gasteiger partial charge in [-0.2, -0.15) is 0 Å². The van der Waals surface area contributed by atoms with Gasteiger partial charge >= 0.3 is 0 Å². The lowest BCUT2D eigenvalue weighted by Gasteiger charge is -2.24. The van der Waals surface area contributed by atoms with Gasteiger partial charge in [0.2, 0.25) is 0 Å². The summed E-state index contributed by atoms with van der Waals surface area (Å²) in [5, 5.41) is 0.922. The van der Waals surface area contributed by atoms with Gasteiger partial charge in [0.1, 0.15) is 0 Å². The van der Waals surface area contributed by atoms with Crippen LogP contribution in [0.5, 0.6) is 0 Å².